The van der Waals surface area contributed by atoms with Gasteiger partial charge in [-0.2, -0.15) is 0 Å². The number of rotatable bonds is 6. The summed E-state index contributed by atoms with van der Waals surface area (Å²) in [7, 11) is 0. The van der Waals surface area contributed by atoms with Gasteiger partial charge in [0.1, 0.15) is 6.61 Å². The fourth-order valence-corrected chi connectivity index (χ4v) is 6.87. The summed E-state index contributed by atoms with van der Waals surface area (Å²) in [6, 6.07) is 16.2. The smallest absolute Gasteiger partial charge is 0.407 e. The number of amides is 2. The van der Waals surface area contributed by atoms with E-state index in [0.717, 1.165) is 25.7 Å². The molecule has 1 aliphatic heterocycles. The Bertz CT molecular complexity index is 1150. The Morgan fingerprint density at radius 3 is 2.40 bits per heavy atom. The van der Waals surface area contributed by atoms with Gasteiger partial charge in [0, 0.05) is 24.5 Å². The van der Waals surface area contributed by atoms with Crippen molar-refractivity contribution in [1.29, 1.82) is 0 Å². The van der Waals surface area contributed by atoms with Crippen LogP contribution < -0.4 is 5.32 Å². The van der Waals surface area contributed by atoms with E-state index in [0.29, 0.717) is 13.0 Å². The minimum absolute atomic E-state index is 0.00785. The minimum atomic E-state index is -0.860. The van der Waals surface area contributed by atoms with Crippen molar-refractivity contribution < 1.29 is 24.2 Å². The van der Waals surface area contributed by atoms with Crippen LogP contribution in [0.25, 0.3) is 11.1 Å². The summed E-state index contributed by atoms with van der Waals surface area (Å²) in [5, 5.41) is 12.2. The van der Waals surface area contributed by atoms with Gasteiger partial charge in [0.25, 0.3) is 0 Å². The van der Waals surface area contributed by atoms with Crippen LogP contribution >= 0.6 is 0 Å². The number of benzene rings is 2. The van der Waals surface area contributed by atoms with Crippen molar-refractivity contribution in [3.8, 4) is 11.1 Å². The summed E-state index contributed by atoms with van der Waals surface area (Å²) >= 11 is 0. The zero-order valence-electron chi connectivity index (χ0n) is 19.6. The quantitative estimate of drug-likeness (QED) is 0.656. The van der Waals surface area contributed by atoms with Gasteiger partial charge < -0.3 is 20.1 Å². The Labute approximate surface area is 204 Å². The summed E-state index contributed by atoms with van der Waals surface area (Å²) < 4.78 is 5.70. The zero-order valence-corrected chi connectivity index (χ0v) is 19.6. The number of nitrogens with one attached hydrogen (secondary N) is 1. The average Bonchev–Trinajstić information content (AvgIpc) is 3.16. The molecule has 0 unspecified atom stereocenters. The lowest BCUT2D eigenvalue weighted by atomic mass is 9.98. The molecule has 0 aromatic heterocycles. The summed E-state index contributed by atoms with van der Waals surface area (Å²) in [5.41, 5.74) is 4.31. The van der Waals surface area contributed by atoms with Crippen molar-refractivity contribution in [2.75, 3.05) is 13.2 Å². The number of nitrogens with zero attached hydrogens (tertiary/aromatic N) is 1. The second kappa shape index (κ2) is 8.40. The number of carboxylic acids is 1. The summed E-state index contributed by atoms with van der Waals surface area (Å²) in [6.45, 7) is 0.903. The fraction of sp³-hybridized carbons (Fsp3) is 0.464. The molecule has 3 fully saturated rings. The number of carboxylic acid groups (broad SMARTS) is 1. The third-order valence-electron chi connectivity index (χ3n) is 8.55. The Balaban J connectivity index is 1.06. The topological polar surface area (TPSA) is 95.9 Å². The van der Waals surface area contributed by atoms with E-state index in [2.05, 4.69) is 29.6 Å². The molecule has 6 rings (SSSR count). The van der Waals surface area contributed by atoms with Crippen molar-refractivity contribution in [2.24, 2.45) is 11.3 Å². The third kappa shape index (κ3) is 3.77. The largest absolute Gasteiger partial charge is 0.481 e. The molecule has 2 aromatic rings. The molecule has 0 spiro atoms. The number of fused-ring (bicyclic) bond motifs is 4. The lowest BCUT2D eigenvalue weighted by molar-refractivity contribution is -0.142. The molecular formula is C28H30N2O5. The molecule has 182 valence electrons. The van der Waals surface area contributed by atoms with E-state index in [4.69, 9.17) is 4.74 Å². The zero-order chi connectivity index (χ0) is 24.2. The number of likely N-dealkylation sites (tertiary alicyclic amines) is 1. The van der Waals surface area contributed by atoms with Crippen molar-refractivity contribution in [1.82, 2.24) is 10.2 Å². The number of carbonyl (C=O) groups is 3. The van der Waals surface area contributed by atoms with Crippen molar-refractivity contribution >= 4 is 18.0 Å². The number of aliphatic carboxylic acids is 1. The van der Waals surface area contributed by atoms with Gasteiger partial charge in [0.05, 0.1) is 11.8 Å². The van der Waals surface area contributed by atoms with Crippen LogP contribution in [0.15, 0.2) is 48.5 Å². The summed E-state index contributed by atoms with van der Waals surface area (Å²) in [4.78, 5) is 39.1. The van der Waals surface area contributed by atoms with Gasteiger partial charge in [-0.25, -0.2) is 4.79 Å². The first-order valence-electron chi connectivity index (χ1n) is 12.6. The Hall–Kier alpha value is -3.35. The van der Waals surface area contributed by atoms with E-state index in [-0.39, 0.29) is 42.9 Å². The predicted octanol–water partition coefficient (Wildman–Crippen LogP) is 4.16. The van der Waals surface area contributed by atoms with Crippen molar-refractivity contribution in [3.63, 3.8) is 0 Å². The van der Waals surface area contributed by atoms with E-state index in [1.165, 1.54) is 22.3 Å². The van der Waals surface area contributed by atoms with Gasteiger partial charge in [-0.1, -0.05) is 48.5 Å². The summed E-state index contributed by atoms with van der Waals surface area (Å²) in [5.74, 6) is -0.497. The molecule has 2 amide bonds. The molecule has 7 nitrogen and oxygen atoms in total. The van der Waals surface area contributed by atoms with Crippen LogP contribution in [0.3, 0.4) is 0 Å². The van der Waals surface area contributed by atoms with Crippen LogP contribution in [0.1, 0.15) is 55.6 Å². The molecule has 0 bridgehead atoms. The lowest BCUT2D eigenvalue weighted by Crippen LogP contribution is -2.43. The third-order valence-corrected chi connectivity index (χ3v) is 8.55. The molecule has 1 saturated heterocycles. The van der Waals surface area contributed by atoms with Gasteiger partial charge >= 0.3 is 12.1 Å². The molecule has 3 aliphatic carbocycles. The SMILES string of the molecule is O=C(O)C[C@H]1CCCN1C(=O)[C@@]12C[C@@H](NC(=O)OCC3c4ccccc4-c4ccccc43)C[C@@H]1C2. The second-order valence-electron chi connectivity index (χ2n) is 10.6. The molecule has 4 atom stereocenters. The highest BCUT2D eigenvalue weighted by atomic mass is 16.5. The normalized spacial score (nSPS) is 28.2. The van der Waals surface area contributed by atoms with Gasteiger partial charge in [-0.3, -0.25) is 9.59 Å². The van der Waals surface area contributed by atoms with Crippen LogP contribution in [-0.4, -0.2) is 53.2 Å². The molecule has 1 heterocycles. The van der Waals surface area contributed by atoms with Crippen molar-refractivity contribution in [3.05, 3.63) is 59.7 Å². The fourth-order valence-electron chi connectivity index (χ4n) is 6.87. The van der Waals surface area contributed by atoms with Gasteiger partial charge in [0.15, 0.2) is 0 Å². The first kappa shape index (κ1) is 22.1. The Morgan fingerprint density at radius 2 is 1.71 bits per heavy atom. The van der Waals surface area contributed by atoms with E-state index in [9.17, 15) is 19.5 Å². The van der Waals surface area contributed by atoms with E-state index in [1.54, 1.807) is 4.90 Å². The molecule has 2 N–H and O–H groups in total. The number of ether oxygens (including phenoxy) is 1. The predicted molar refractivity (Wildman–Crippen MR) is 129 cm³/mol. The van der Waals surface area contributed by atoms with Crippen LogP contribution in [0.2, 0.25) is 0 Å². The number of hydrogen-bond donors (Lipinski definition) is 2. The second-order valence-corrected chi connectivity index (χ2v) is 10.6. The first-order chi connectivity index (χ1) is 17.0. The Morgan fingerprint density at radius 1 is 1.03 bits per heavy atom. The van der Waals surface area contributed by atoms with Crippen LogP contribution in [0.4, 0.5) is 4.79 Å². The monoisotopic (exact) mass is 474 g/mol. The van der Waals surface area contributed by atoms with Crippen LogP contribution in [-0.2, 0) is 14.3 Å². The molecule has 2 aromatic carbocycles. The highest BCUT2D eigenvalue weighted by molar-refractivity contribution is 5.88. The summed E-state index contributed by atoms with van der Waals surface area (Å²) in [6.07, 6.45) is 3.39. The minimum Gasteiger partial charge on any atom is -0.481 e. The standard InChI is InChI=1S/C28H30N2O5/c31-25(32)13-19-6-5-11-30(19)26(33)28-14-17(28)12-18(15-28)29-27(34)35-16-24-22-9-3-1-7-20(22)21-8-2-4-10-23(21)24/h1-4,7-10,17-19,24H,5-6,11-16H2,(H,29,34)(H,31,32)/t17-,18+,19-,28+/m1/s1. The Kier molecular flexibility index (Phi) is 5.31. The lowest BCUT2D eigenvalue weighted by Gasteiger charge is -2.28. The molecular weight excluding hydrogens is 444 g/mol. The maximum Gasteiger partial charge on any atom is 0.407 e. The first-order valence-corrected chi connectivity index (χ1v) is 12.6. The number of carbonyl (C=O) groups excluding carboxylic acids is 2. The van der Waals surface area contributed by atoms with Gasteiger partial charge in [0.2, 0.25) is 5.91 Å². The molecule has 0 radical (unpaired) electrons. The molecule has 2 saturated carbocycles. The van der Waals surface area contributed by atoms with Gasteiger partial charge in [-0.05, 0) is 60.3 Å². The van der Waals surface area contributed by atoms with E-state index < -0.39 is 17.5 Å². The highest BCUT2D eigenvalue weighted by Crippen LogP contribution is 2.64. The molecule has 35 heavy (non-hydrogen) atoms. The van der Waals surface area contributed by atoms with Crippen LogP contribution in [0.5, 0.6) is 0 Å². The van der Waals surface area contributed by atoms with Crippen LogP contribution in [0, 0.1) is 11.3 Å². The maximum atomic E-state index is 13.4. The highest BCUT2D eigenvalue weighted by Gasteiger charge is 2.66. The van der Waals surface area contributed by atoms with Crippen molar-refractivity contribution in [2.45, 2.75) is 56.5 Å². The number of alkyl carbamates (subject to hydrolysis) is 1. The number of hydrogen-bond acceptors (Lipinski definition) is 4. The average molecular weight is 475 g/mol. The van der Waals surface area contributed by atoms with E-state index >= 15 is 0 Å². The van der Waals surface area contributed by atoms with E-state index in [1.807, 2.05) is 24.3 Å². The van der Waals surface area contributed by atoms with Gasteiger partial charge in [-0.15, -0.1) is 0 Å². The molecule has 4 aliphatic rings. The maximum absolute atomic E-state index is 13.4. The molecule has 7 heteroatoms.